The molecule has 0 radical (unpaired) electrons. The van der Waals surface area contributed by atoms with Gasteiger partial charge in [0.2, 0.25) is 0 Å². The Bertz CT molecular complexity index is 652. The molecule has 96 valence electrons. The van der Waals surface area contributed by atoms with Crippen LogP contribution in [-0.4, -0.2) is 0 Å². The molecule has 0 atom stereocenters. The van der Waals surface area contributed by atoms with Crippen LogP contribution in [0.5, 0.6) is 5.75 Å². The summed E-state index contributed by atoms with van der Waals surface area (Å²) in [6.07, 6.45) is 0. The molecule has 0 amide bonds. The van der Waals surface area contributed by atoms with Crippen LogP contribution in [0.4, 0.5) is 8.78 Å². The largest absolute Gasteiger partial charge is 0.487 e. The van der Waals surface area contributed by atoms with E-state index in [2.05, 4.69) is 0 Å². The summed E-state index contributed by atoms with van der Waals surface area (Å²) in [5, 5.41) is 8.85. The van der Waals surface area contributed by atoms with Gasteiger partial charge in [0.15, 0.2) is 0 Å². The second kappa shape index (κ2) is 5.68. The van der Waals surface area contributed by atoms with Gasteiger partial charge >= 0.3 is 0 Å². The summed E-state index contributed by atoms with van der Waals surface area (Å²) in [7, 11) is 0. The number of nitrogens with zero attached hydrogens (tertiary/aromatic N) is 1. The van der Waals surface area contributed by atoms with E-state index in [1.807, 2.05) is 0 Å². The van der Waals surface area contributed by atoms with Crippen LogP contribution in [0.15, 0.2) is 36.4 Å². The predicted octanol–water partition coefficient (Wildman–Crippen LogP) is 4.07. The zero-order chi connectivity index (χ0) is 13.8. The lowest BCUT2D eigenvalue weighted by Gasteiger charge is -2.08. The highest BCUT2D eigenvalue weighted by atomic mass is 35.5. The maximum atomic E-state index is 13.3. The molecule has 0 saturated carbocycles. The van der Waals surface area contributed by atoms with Crippen molar-refractivity contribution in [2.45, 2.75) is 6.61 Å². The van der Waals surface area contributed by atoms with Crippen LogP contribution in [0, 0.1) is 23.0 Å². The summed E-state index contributed by atoms with van der Waals surface area (Å²) in [5.74, 6) is -1.08. The Kier molecular flexibility index (Phi) is 3.98. The Morgan fingerprint density at radius 3 is 2.63 bits per heavy atom. The maximum absolute atomic E-state index is 13.3. The lowest BCUT2D eigenvalue weighted by molar-refractivity contribution is 0.303. The Morgan fingerprint density at radius 2 is 1.95 bits per heavy atom. The van der Waals surface area contributed by atoms with Crippen molar-refractivity contribution < 1.29 is 13.5 Å². The first kappa shape index (κ1) is 13.3. The number of nitriles is 1. The van der Waals surface area contributed by atoms with Crippen molar-refractivity contribution in [1.29, 1.82) is 5.26 Å². The molecular formula is C14H8ClF2NO. The Balaban J connectivity index is 2.17. The quantitative estimate of drug-likeness (QED) is 0.848. The molecule has 19 heavy (non-hydrogen) atoms. The third-order valence-corrected chi connectivity index (χ3v) is 2.77. The number of ether oxygens (including phenoxy) is 1. The normalized spacial score (nSPS) is 10.0. The average molecular weight is 280 g/mol. The van der Waals surface area contributed by atoms with Crippen LogP contribution in [-0.2, 0) is 6.61 Å². The number of benzene rings is 2. The van der Waals surface area contributed by atoms with Crippen molar-refractivity contribution >= 4 is 11.6 Å². The number of rotatable bonds is 3. The van der Waals surface area contributed by atoms with E-state index in [4.69, 9.17) is 21.6 Å². The zero-order valence-electron chi connectivity index (χ0n) is 9.66. The van der Waals surface area contributed by atoms with Gasteiger partial charge in [0, 0.05) is 0 Å². The average Bonchev–Trinajstić information content (AvgIpc) is 2.40. The number of halogens is 3. The molecule has 0 spiro atoms. The third-order valence-electron chi connectivity index (χ3n) is 2.47. The highest BCUT2D eigenvalue weighted by molar-refractivity contribution is 6.30. The minimum Gasteiger partial charge on any atom is -0.487 e. The van der Waals surface area contributed by atoms with Gasteiger partial charge in [-0.2, -0.15) is 5.26 Å². The molecular weight excluding hydrogens is 272 g/mol. The van der Waals surface area contributed by atoms with Crippen LogP contribution in [0.2, 0.25) is 5.02 Å². The summed E-state index contributed by atoms with van der Waals surface area (Å²) in [5.41, 5.74) is 0.368. The second-order valence-corrected chi connectivity index (χ2v) is 4.17. The molecule has 0 fully saturated rings. The number of hydrogen-bond donors (Lipinski definition) is 0. The summed E-state index contributed by atoms with van der Waals surface area (Å²) < 4.78 is 31.8. The van der Waals surface area contributed by atoms with Crippen LogP contribution < -0.4 is 4.74 Å². The van der Waals surface area contributed by atoms with Gasteiger partial charge in [-0.05, 0) is 29.8 Å². The zero-order valence-corrected chi connectivity index (χ0v) is 10.4. The van der Waals surface area contributed by atoms with Crippen LogP contribution in [0.25, 0.3) is 0 Å². The molecule has 5 heteroatoms. The molecule has 2 aromatic rings. The van der Waals surface area contributed by atoms with Gasteiger partial charge < -0.3 is 4.74 Å². The first-order valence-electron chi connectivity index (χ1n) is 5.37. The first-order valence-corrected chi connectivity index (χ1v) is 5.75. The minimum atomic E-state index is -0.651. The van der Waals surface area contributed by atoms with Crippen molar-refractivity contribution in [1.82, 2.24) is 0 Å². The standard InChI is InChI=1S/C14H8ClF2NO/c15-11-5-4-9(6-13(11)17)8-19-14-3-1-2-12(16)10(14)7-18/h1-6H,8H2. The molecule has 2 rings (SSSR count). The Morgan fingerprint density at radius 1 is 1.16 bits per heavy atom. The molecule has 0 N–H and O–H groups in total. The fourth-order valence-corrected chi connectivity index (χ4v) is 1.64. The molecule has 0 unspecified atom stereocenters. The molecule has 0 heterocycles. The van der Waals surface area contributed by atoms with Gasteiger partial charge in [0.1, 0.15) is 35.6 Å². The Hall–Kier alpha value is -2.12. The van der Waals surface area contributed by atoms with Crippen molar-refractivity contribution in [2.75, 3.05) is 0 Å². The smallest absolute Gasteiger partial charge is 0.144 e. The van der Waals surface area contributed by atoms with Gasteiger partial charge in [-0.1, -0.05) is 23.7 Å². The van der Waals surface area contributed by atoms with Gasteiger partial charge in [0.25, 0.3) is 0 Å². The molecule has 2 nitrogen and oxygen atoms in total. The van der Waals surface area contributed by atoms with Gasteiger partial charge in [-0.15, -0.1) is 0 Å². The van der Waals surface area contributed by atoms with E-state index < -0.39 is 11.6 Å². The lowest BCUT2D eigenvalue weighted by Crippen LogP contribution is -1.99. The molecule has 0 saturated heterocycles. The summed E-state index contributed by atoms with van der Waals surface area (Å²) in [6.45, 7) is 0.0201. The van der Waals surface area contributed by atoms with Crippen molar-refractivity contribution in [3.63, 3.8) is 0 Å². The highest BCUT2D eigenvalue weighted by Crippen LogP contribution is 2.22. The van der Waals surface area contributed by atoms with E-state index in [1.54, 1.807) is 12.1 Å². The second-order valence-electron chi connectivity index (χ2n) is 3.76. The van der Waals surface area contributed by atoms with Crippen molar-refractivity contribution in [3.05, 3.63) is 64.2 Å². The fourth-order valence-electron chi connectivity index (χ4n) is 1.52. The summed E-state index contributed by atoms with van der Waals surface area (Å²) >= 11 is 5.56. The minimum absolute atomic E-state index is 0.0201. The molecule has 0 aliphatic carbocycles. The van der Waals surface area contributed by atoms with Gasteiger partial charge in [0.05, 0.1) is 5.02 Å². The highest BCUT2D eigenvalue weighted by Gasteiger charge is 2.09. The van der Waals surface area contributed by atoms with E-state index in [9.17, 15) is 8.78 Å². The first-order chi connectivity index (χ1) is 9.11. The fraction of sp³-hybridized carbons (Fsp3) is 0.0714. The monoisotopic (exact) mass is 279 g/mol. The lowest BCUT2D eigenvalue weighted by atomic mass is 10.2. The van der Waals surface area contributed by atoms with Crippen LogP contribution >= 0.6 is 11.6 Å². The van der Waals surface area contributed by atoms with E-state index in [0.717, 1.165) is 0 Å². The topological polar surface area (TPSA) is 33.0 Å². The van der Waals surface area contributed by atoms with Crippen molar-refractivity contribution in [2.24, 2.45) is 0 Å². The van der Waals surface area contributed by atoms with Crippen LogP contribution in [0.1, 0.15) is 11.1 Å². The van der Waals surface area contributed by atoms with E-state index in [-0.39, 0.29) is 22.9 Å². The third kappa shape index (κ3) is 3.01. The SMILES string of the molecule is N#Cc1c(F)cccc1OCc1ccc(Cl)c(F)c1. The molecule has 0 bridgehead atoms. The van der Waals surface area contributed by atoms with E-state index in [1.165, 1.54) is 30.3 Å². The van der Waals surface area contributed by atoms with Crippen molar-refractivity contribution in [3.8, 4) is 11.8 Å². The molecule has 2 aromatic carbocycles. The summed E-state index contributed by atoms with van der Waals surface area (Å²) in [6, 6.07) is 10.1. The molecule has 0 aliphatic heterocycles. The van der Waals surface area contributed by atoms with E-state index in [0.29, 0.717) is 5.56 Å². The summed E-state index contributed by atoms with van der Waals surface area (Å²) in [4.78, 5) is 0. The number of hydrogen-bond acceptors (Lipinski definition) is 2. The van der Waals surface area contributed by atoms with Crippen LogP contribution in [0.3, 0.4) is 0 Å². The Labute approximate surface area is 113 Å². The van der Waals surface area contributed by atoms with E-state index >= 15 is 0 Å². The molecule has 0 aromatic heterocycles. The van der Waals surface area contributed by atoms with Gasteiger partial charge in [-0.25, -0.2) is 8.78 Å². The molecule has 0 aliphatic rings. The van der Waals surface area contributed by atoms with Gasteiger partial charge in [-0.3, -0.25) is 0 Å². The predicted molar refractivity (Wildman–Crippen MR) is 66.9 cm³/mol. The maximum Gasteiger partial charge on any atom is 0.144 e.